The van der Waals surface area contributed by atoms with Crippen LogP contribution in [0.15, 0.2) is 58.5 Å². The molecular formula is C18H18BrNO. The fraction of sp³-hybridized carbons (Fsp3) is 0.167. The predicted octanol–water partition coefficient (Wildman–Crippen LogP) is 5.38. The largest absolute Gasteiger partial charge is 0.489 e. The molecule has 0 aliphatic heterocycles. The normalized spacial score (nSPS) is 10.8. The Morgan fingerprint density at radius 3 is 2.81 bits per heavy atom. The molecule has 2 nitrogen and oxygen atoms in total. The molecule has 0 atom stereocenters. The molecule has 2 aromatic carbocycles. The van der Waals surface area contributed by atoms with E-state index in [-0.39, 0.29) is 0 Å². The third kappa shape index (κ3) is 4.05. The lowest BCUT2D eigenvalue weighted by molar-refractivity contribution is 0.362. The highest BCUT2D eigenvalue weighted by atomic mass is 79.9. The Balaban J connectivity index is 2.33. The van der Waals surface area contributed by atoms with E-state index in [2.05, 4.69) is 47.4 Å². The summed E-state index contributed by atoms with van der Waals surface area (Å²) in [5, 5.41) is 0. The van der Waals surface area contributed by atoms with Crippen molar-refractivity contribution in [3.05, 3.63) is 70.2 Å². The lowest BCUT2D eigenvalue weighted by Crippen LogP contribution is -1.97. The van der Waals surface area contributed by atoms with Gasteiger partial charge in [-0.1, -0.05) is 40.7 Å². The summed E-state index contributed by atoms with van der Waals surface area (Å²) in [5.74, 6) is 0.798. The molecule has 0 saturated heterocycles. The molecule has 21 heavy (non-hydrogen) atoms. The second kappa shape index (κ2) is 7.23. The maximum atomic E-state index is 5.65. The van der Waals surface area contributed by atoms with Gasteiger partial charge in [-0.15, -0.1) is 0 Å². The second-order valence-electron chi connectivity index (χ2n) is 4.76. The predicted molar refractivity (Wildman–Crippen MR) is 93.0 cm³/mol. The summed E-state index contributed by atoms with van der Waals surface area (Å²) in [4.78, 5) is 4.60. The second-order valence-corrected chi connectivity index (χ2v) is 5.67. The number of aryl methyl sites for hydroxylation is 1. The molecule has 0 heterocycles. The lowest BCUT2D eigenvalue weighted by atomic mass is 10.1. The zero-order chi connectivity index (χ0) is 15.2. The van der Waals surface area contributed by atoms with Gasteiger partial charge in [0.25, 0.3) is 0 Å². The summed E-state index contributed by atoms with van der Waals surface area (Å²) in [6.07, 6.45) is 3.57. The quantitative estimate of drug-likeness (QED) is 0.527. The van der Waals surface area contributed by atoms with Gasteiger partial charge in [0.2, 0.25) is 0 Å². The average Bonchev–Trinajstić information content (AvgIpc) is 2.48. The highest BCUT2D eigenvalue weighted by Crippen LogP contribution is 2.25. The van der Waals surface area contributed by atoms with E-state index in [1.165, 1.54) is 11.1 Å². The van der Waals surface area contributed by atoms with Crippen molar-refractivity contribution in [3.8, 4) is 5.75 Å². The Bertz CT molecular complexity index is 677. The minimum absolute atomic E-state index is 0.478. The molecular weight excluding hydrogens is 326 g/mol. The molecule has 0 bridgehead atoms. The maximum Gasteiger partial charge on any atom is 0.128 e. The standard InChI is InChI=1S/C18H18BrNO/c1-4-10-21-18-9-8-16(19)11-15(18)12-20-17-7-5-6-13(2)14(17)3/h4-9,11-12H,1,10H2,2-3H3. The Morgan fingerprint density at radius 1 is 1.24 bits per heavy atom. The molecule has 0 N–H and O–H groups in total. The number of halogens is 1. The van der Waals surface area contributed by atoms with Crippen molar-refractivity contribution in [2.24, 2.45) is 4.99 Å². The molecule has 0 radical (unpaired) electrons. The van der Waals surface area contributed by atoms with E-state index in [1.54, 1.807) is 6.08 Å². The molecule has 3 heteroatoms. The summed E-state index contributed by atoms with van der Waals surface area (Å²) >= 11 is 3.48. The monoisotopic (exact) mass is 343 g/mol. The Morgan fingerprint density at radius 2 is 2.05 bits per heavy atom. The first-order valence-corrected chi connectivity index (χ1v) is 7.54. The van der Waals surface area contributed by atoms with E-state index < -0.39 is 0 Å². The summed E-state index contributed by atoms with van der Waals surface area (Å²) < 4.78 is 6.65. The van der Waals surface area contributed by atoms with Gasteiger partial charge in [0.05, 0.1) is 5.69 Å². The van der Waals surface area contributed by atoms with Crippen LogP contribution in [0.4, 0.5) is 5.69 Å². The maximum absolute atomic E-state index is 5.65. The summed E-state index contributed by atoms with van der Waals surface area (Å²) in [7, 11) is 0. The fourth-order valence-corrected chi connectivity index (χ4v) is 2.29. The van der Waals surface area contributed by atoms with Gasteiger partial charge in [-0.3, -0.25) is 4.99 Å². The molecule has 0 fully saturated rings. The zero-order valence-electron chi connectivity index (χ0n) is 12.3. The lowest BCUT2D eigenvalue weighted by Gasteiger charge is -2.08. The van der Waals surface area contributed by atoms with E-state index in [0.717, 1.165) is 21.5 Å². The van der Waals surface area contributed by atoms with Crippen molar-refractivity contribution in [1.29, 1.82) is 0 Å². The Kier molecular flexibility index (Phi) is 5.34. The molecule has 0 unspecified atom stereocenters. The van der Waals surface area contributed by atoms with Crippen LogP contribution in [0.3, 0.4) is 0 Å². The third-order valence-electron chi connectivity index (χ3n) is 3.25. The first kappa shape index (κ1) is 15.5. The first-order valence-electron chi connectivity index (χ1n) is 6.75. The van der Waals surface area contributed by atoms with Crippen LogP contribution in [-0.2, 0) is 0 Å². The van der Waals surface area contributed by atoms with Crippen LogP contribution in [0.1, 0.15) is 16.7 Å². The van der Waals surface area contributed by atoms with Crippen molar-refractivity contribution < 1.29 is 4.74 Å². The van der Waals surface area contributed by atoms with E-state index in [4.69, 9.17) is 4.74 Å². The van der Waals surface area contributed by atoms with Gasteiger partial charge >= 0.3 is 0 Å². The van der Waals surface area contributed by atoms with Crippen LogP contribution < -0.4 is 4.74 Å². The fourth-order valence-electron chi connectivity index (χ4n) is 1.91. The van der Waals surface area contributed by atoms with Crippen molar-refractivity contribution in [2.75, 3.05) is 6.61 Å². The minimum Gasteiger partial charge on any atom is -0.489 e. The van der Waals surface area contributed by atoms with Crippen LogP contribution in [-0.4, -0.2) is 12.8 Å². The van der Waals surface area contributed by atoms with Crippen LogP contribution in [0.25, 0.3) is 0 Å². The van der Waals surface area contributed by atoms with Crippen LogP contribution in [0, 0.1) is 13.8 Å². The smallest absolute Gasteiger partial charge is 0.128 e. The number of rotatable bonds is 5. The Hall–Kier alpha value is -1.87. The topological polar surface area (TPSA) is 21.6 Å². The number of hydrogen-bond acceptors (Lipinski definition) is 2. The zero-order valence-corrected chi connectivity index (χ0v) is 13.9. The molecule has 0 saturated carbocycles. The van der Waals surface area contributed by atoms with Gasteiger partial charge < -0.3 is 4.74 Å². The molecule has 2 rings (SSSR count). The number of benzene rings is 2. The number of nitrogens with zero attached hydrogens (tertiary/aromatic N) is 1. The number of ether oxygens (including phenoxy) is 1. The van der Waals surface area contributed by atoms with Crippen molar-refractivity contribution in [1.82, 2.24) is 0 Å². The van der Waals surface area contributed by atoms with Crippen LogP contribution >= 0.6 is 15.9 Å². The van der Waals surface area contributed by atoms with Crippen molar-refractivity contribution in [3.63, 3.8) is 0 Å². The van der Waals surface area contributed by atoms with Crippen LogP contribution in [0.2, 0.25) is 0 Å². The number of aliphatic imine (C=N–C) groups is 1. The van der Waals surface area contributed by atoms with Gasteiger partial charge in [0, 0.05) is 16.3 Å². The molecule has 0 spiro atoms. The van der Waals surface area contributed by atoms with E-state index in [1.807, 2.05) is 36.5 Å². The van der Waals surface area contributed by atoms with Crippen molar-refractivity contribution >= 4 is 27.8 Å². The number of hydrogen-bond donors (Lipinski definition) is 0. The SMILES string of the molecule is C=CCOc1ccc(Br)cc1C=Nc1cccc(C)c1C. The molecule has 0 amide bonds. The summed E-state index contributed by atoms with van der Waals surface area (Å²) in [6.45, 7) is 8.32. The van der Waals surface area contributed by atoms with Crippen LogP contribution in [0.5, 0.6) is 5.75 Å². The highest BCUT2D eigenvalue weighted by Gasteiger charge is 2.03. The first-order chi connectivity index (χ1) is 10.1. The molecule has 0 aliphatic rings. The van der Waals surface area contributed by atoms with Gasteiger partial charge in [-0.2, -0.15) is 0 Å². The van der Waals surface area contributed by atoms with E-state index >= 15 is 0 Å². The van der Waals surface area contributed by atoms with Crippen molar-refractivity contribution in [2.45, 2.75) is 13.8 Å². The summed E-state index contributed by atoms with van der Waals surface area (Å²) in [5.41, 5.74) is 4.34. The molecule has 108 valence electrons. The van der Waals surface area contributed by atoms with Gasteiger partial charge in [0.1, 0.15) is 12.4 Å². The molecule has 0 aliphatic carbocycles. The minimum atomic E-state index is 0.478. The highest BCUT2D eigenvalue weighted by molar-refractivity contribution is 9.10. The average molecular weight is 344 g/mol. The van der Waals surface area contributed by atoms with Gasteiger partial charge in [0.15, 0.2) is 0 Å². The third-order valence-corrected chi connectivity index (χ3v) is 3.74. The van der Waals surface area contributed by atoms with Gasteiger partial charge in [-0.25, -0.2) is 0 Å². The molecule has 2 aromatic rings. The molecule has 0 aromatic heterocycles. The van der Waals surface area contributed by atoms with E-state index in [0.29, 0.717) is 6.61 Å². The Labute approximate surface area is 134 Å². The van der Waals surface area contributed by atoms with Gasteiger partial charge in [-0.05, 0) is 49.2 Å². The van der Waals surface area contributed by atoms with E-state index in [9.17, 15) is 0 Å². The summed E-state index contributed by atoms with van der Waals surface area (Å²) in [6, 6.07) is 12.0.